The van der Waals surface area contributed by atoms with E-state index in [0.29, 0.717) is 0 Å². The highest BCUT2D eigenvalue weighted by atomic mass is 14.3. The Labute approximate surface area is 100 Å². The molecule has 2 rings (SSSR count). The average Bonchev–Trinajstić information content (AvgIpc) is 2.83. The molecule has 88 valence electrons. The number of benzene rings is 1. The molecule has 1 atom stereocenters. The molecule has 1 unspecified atom stereocenters. The van der Waals surface area contributed by atoms with Crippen LogP contribution in [-0.4, -0.2) is 0 Å². The molecule has 0 heterocycles. The van der Waals surface area contributed by atoms with E-state index in [2.05, 4.69) is 38.1 Å². The topological polar surface area (TPSA) is 0 Å². The van der Waals surface area contributed by atoms with E-state index in [0.717, 1.165) is 11.8 Å². The van der Waals surface area contributed by atoms with Crippen molar-refractivity contribution in [1.82, 2.24) is 0 Å². The minimum absolute atomic E-state index is 0.762. The normalized spacial score (nSPS) is 18.9. The van der Waals surface area contributed by atoms with Gasteiger partial charge in [-0.1, -0.05) is 57.4 Å². The van der Waals surface area contributed by atoms with Crippen LogP contribution in [-0.2, 0) is 6.42 Å². The van der Waals surface area contributed by atoms with E-state index in [-0.39, 0.29) is 0 Å². The minimum atomic E-state index is 0.762. The molecule has 0 saturated heterocycles. The number of aryl methyl sites for hydroxylation is 1. The van der Waals surface area contributed by atoms with Crippen LogP contribution in [0.5, 0.6) is 0 Å². The fraction of sp³-hybridized carbons (Fsp3) is 0.625. The zero-order chi connectivity index (χ0) is 11.4. The molecule has 1 aliphatic rings. The molecule has 1 fully saturated rings. The molecule has 0 bridgehead atoms. The largest absolute Gasteiger partial charge is 0.0651 e. The van der Waals surface area contributed by atoms with Gasteiger partial charge in [-0.2, -0.15) is 0 Å². The standard InChI is InChI=1S/C16H24/c1-3-6-14-9-11-16(12-10-14)13(2)15-7-4-5-8-15/h9-13,15H,3-8H2,1-2H3. The van der Waals surface area contributed by atoms with E-state index >= 15 is 0 Å². The summed E-state index contributed by atoms with van der Waals surface area (Å²) in [5.74, 6) is 1.70. The van der Waals surface area contributed by atoms with Gasteiger partial charge in [0.2, 0.25) is 0 Å². The van der Waals surface area contributed by atoms with Crippen molar-refractivity contribution >= 4 is 0 Å². The van der Waals surface area contributed by atoms with Gasteiger partial charge in [-0.15, -0.1) is 0 Å². The van der Waals surface area contributed by atoms with Crippen LogP contribution in [0.1, 0.15) is 63.0 Å². The van der Waals surface area contributed by atoms with Crippen molar-refractivity contribution in [2.24, 2.45) is 5.92 Å². The number of rotatable bonds is 4. The van der Waals surface area contributed by atoms with E-state index in [1.54, 1.807) is 5.56 Å². The van der Waals surface area contributed by atoms with Crippen molar-refractivity contribution in [3.63, 3.8) is 0 Å². The maximum absolute atomic E-state index is 2.41. The van der Waals surface area contributed by atoms with Gasteiger partial charge in [0.1, 0.15) is 0 Å². The van der Waals surface area contributed by atoms with Crippen molar-refractivity contribution < 1.29 is 0 Å². The molecule has 0 heteroatoms. The third kappa shape index (κ3) is 2.66. The third-order valence-corrected chi connectivity index (χ3v) is 4.15. The molecular weight excluding hydrogens is 192 g/mol. The SMILES string of the molecule is CCCc1ccc(C(C)C2CCCC2)cc1. The molecule has 0 aromatic heterocycles. The Hall–Kier alpha value is -0.780. The monoisotopic (exact) mass is 216 g/mol. The first-order valence-corrected chi connectivity index (χ1v) is 6.90. The first-order chi connectivity index (χ1) is 7.81. The highest BCUT2D eigenvalue weighted by Crippen LogP contribution is 2.36. The van der Waals surface area contributed by atoms with Crippen LogP contribution >= 0.6 is 0 Å². The lowest BCUT2D eigenvalue weighted by Crippen LogP contribution is -2.05. The van der Waals surface area contributed by atoms with E-state index in [1.807, 2.05) is 0 Å². The van der Waals surface area contributed by atoms with Gasteiger partial charge in [0.15, 0.2) is 0 Å². The second kappa shape index (κ2) is 5.52. The van der Waals surface area contributed by atoms with Gasteiger partial charge in [0.05, 0.1) is 0 Å². The molecule has 16 heavy (non-hydrogen) atoms. The quantitative estimate of drug-likeness (QED) is 0.669. The molecule has 0 radical (unpaired) electrons. The van der Waals surface area contributed by atoms with Crippen molar-refractivity contribution in [1.29, 1.82) is 0 Å². The van der Waals surface area contributed by atoms with Crippen LogP contribution in [0, 0.1) is 5.92 Å². The van der Waals surface area contributed by atoms with Gasteiger partial charge in [-0.3, -0.25) is 0 Å². The van der Waals surface area contributed by atoms with E-state index in [1.165, 1.54) is 44.1 Å². The third-order valence-electron chi connectivity index (χ3n) is 4.15. The zero-order valence-electron chi connectivity index (χ0n) is 10.7. The Morgan fingerprint density at radius 2 is 1.75 bits per heavy atom. The minimum Gasteiger partial charge on any atom is -0.0651 e. The lowest BCUT2D eigenvalue weighted by Gasteiger charge is -2.19. The first-order valence-electron chi connectivity index (χ1n) is 6.90. The van der Waals surface area contributed by atoms with Crippen molar-refractivity contribution in [3.05, 3.63) is 35.4 Å². The van der Waals surface area contributed by atoms with Crippen LogP contribution < -0.4 is 0 Å². The summed E-state index contributed by atoms with van der Waals surface area (Å²) in [7, 11) is 0. The van der Waals surface area contributed by atoms with Crippen LogP contribution in [0.2, 0.25) is 0 Å². The van der Waals surface area contributed by atoms with Crippen molar-refractivity contribution in [3.8, 4) is 0 Å². The van der Waals surface area contributed by atoms with Gasteiger partial charge in [0, 0.05) is 0 Å². The average molecular weight is 216 g/mol. The Morgan fingerprint density at radius 3 is 2.31 bits per heavy atom. The molecule has 0 amide bonds. The Balaban J connectivity index is 2.02. The van der Waals surface area contributed by atoms with Crippen LogP contribution in [0.15, 0.2) is 24.3 Å². The summed E-state index contributed by atoms with van der Waals surface area (Å²) in [5.41, 5.74) is 3.04. The van der Waals surface area contributed by atoms with Crippen LogP contribution in [0.25, 0.3) is 0 Å². The smallest absolute Gasteiger partial charge is 0.0162 e. The second-order valence-electron chi connectivity index (χ2n) is 5.32. The zero-order valence-corrected chi connectivity index (χ0v) is 10.7. The molecule has 1 aromatic carbocycles. The predicted molar refractivity (Wildman–Crippen MR) is 70.8 cm³/mol. The highest BCUT2D eigenvalue weighted by Gasteiger charge is 2.22. The maximum Gasteiger partial charge on any atom is -0.0162 e. The molecule has 1 aliphatic carbocycles. The predicted octanol–water partition coefficient (Wildman–Crippen LogP) is 4.93. The van der Waals surface area contributed by atoms with Gasteiger partial charge >= 0.3 is 0 Å². The Bertz CT molecular complexity index is 303. The first kappa shape index (κ1) is 11.7. The lowest BCUT2D eigenvalue weighted by molar-refractivity contribution is 0.461. The molecule has 1 aromatic rings. The van der Waals surface area contributed by atoms with Crippen molar-refractivity contribution in [2.45, 2.75) is 58.3 Å². The fourth-order valence-corrected chi connectivity index (χ4v) is 3.01. The summed E-state index contributed by atoms with van der Waals surface area (Å²) in [6, 6.07) is 9.36. The second-order valence-corrected chi connectivity index (χ2v) is 5.32. The molecule has 0 aliphatic heterocycles. The number of hydrogen-bond donors (Lipinski definition) is 0. The van der Waals surface area contributed by atoms with Crippen molar-refractivity contribution in [2.75, 3.05) is 0 Å². The fourth-order valence-electron chi connectivity index (χ4n) is 3.01. The molecule has 0 N–H and O–H groups in total. The Kier molecular flexibility index (Phi) is 4.04. The van der Waals surface area contributed by atoms with E-state index in [9.17, 15) is 0 Å². The summed E-state index contributed by atoms with van der Waals surface area (Å²) in [6.45, 7) is 4.65. The summed E-state index contributed by atoms with van der Waals surface area (Å²) in [4.78, 5) is 0. The number of hydrogen-bond acceptors (Lipinski definition) is 0. The van der Waals surface area contributed by atoms with Crippen LogP contribution in [0.4, 0.5) is 0 Å². The summed E-state index contributed by atoms with van der Waals surface area (Å²) in [5, 5.41) is 0. The van der Waals surface area contributed by atoms with E-state index in [4.69, 9.17) is 0 Å². The molecular formula is C16H24. The summed E-state index contributed by atoms with van der Waals surface area (Å²) in [6.07, 6.45) is 8.25. The van der Waals surface area contributed by atoms with Gasteiger partial charge in [-0.25, -0.2) is 0 Å². The molecule has 0 nitrogen and oxygen atoms in total. The van der Waals surface area contributed by atoms with Gasteiger partial charge < -0.3 is 0 Å². The van der Waals surface area contributed by atoms with Gasteiger partial charge in [0.25, 0.3) is 0 Å². The molecule has 0 spiro atoms. The van der Waals surface area contributed by atoms with Gasteiger partial charge in [-0.05, 0) is 42.2 Å². The summed E-state index contributed by atoms with van der Waals surface area (Å²) >= 11 is 0. The van der Waals surface area contributed by atoms with Crippen LogP contribution in [0.3, 0.4) is 0 Å². The Morgan fingerprint density at radius 1 is 1.12 bits per heavy atom. The highest BCUT2D eigenvalue weighted by molar-refractivity contribution is 5.25. The van der Waals surface area contributed by atoms with E-state index < -0.39 is 0 Å². The maximum atomic E-state index is 2.41. The lowest BCUT2D eigenvalue weighted by atomic mass is 9.86. The molecule has 1 saturated carbocycles. The summed E-state index contributed by atoms with van der Waals surface area (Å²) < 4.78 is 0.